The van der Waals surface area contributed by atoms with E-state index in [2.05, 4.69) is 29.4 Å². The number of nitrogens with one attached hydrogen (secondary N) is 1. The lowest BCUT2D eigenvalue weighted by atomic mass is 9.95. The van der Waals surface area contributed by atoms with Gasteiger partial charge < -0.3 is 5.32 Å². The van der Waals surface area contributed by atoms with Gasteiger partial charge in [-0.3, -0.25) is 9.78 Å². The second-order valence-electron chi connectivity index (χ2n) is 5.94. The Labute approximate surface area is 120 Å². The van der Waals surface area contributed by atoms with Gasteiger partial charge >= 0.3 is 0 Å². The fraction of sp³-hybridized carbons (Fsp3) is 0.294. The van der Waals surface area contributed by atoms with Gasteiger partial charge in [0.2, 0.25) is 5.91 Å². The van der Waals surface area contributed by atoms with Gasteiger partial charge in [-0.2, -0.15) is 0 Å². The van der Waals surface area contributed by atoms with Gasteiger partial charge in [0, 0.05) is 17.2 Å². The van der Waals surface area contributed by atoms with Crippen LogP contribution in [0.1, 0.15) is 26.3 Å². The number of aromatic nitrogens is 1. The van der Waals surface area contributed by atoms with Crippen molar-refractivity contribution < 1.29 is 4.79 Å². The molecule has 0 radical (unpaired) electrons. The molecule has 20 heavy (non-hydrogen) atoms. The lowest BCUT2D eigenvalue weighted by molar-refractivity contribution is -0.123. The molecule has 0 aliphatic heterocycles. The monoisotopic (exact) mass is 268 g/mol. The highest BCUT2D eigenvalue weighted by Crippen LogP contribution is 2.30. The van der Waals surface area contributed by atoms with Crippen LogP contribution in [0, 0.1) is 12.3 Å². The molecule has 1 aromatic heterocycles. The van der Waals surface area contributed by atoms with E-state index in [-0.39, 0.29) is 5.91 Å². The molecule has 0 aliphatic carbocycles. The second-order valence-corrected chi connectivity index (χ2v) is 5.94. The van der Waals surface area contributed by atoms with Crippen molar-refractivity contribution in [2.45, 2.75) is 27.7 Å². The Morgan fingerprint density at radius 1 is 1.10 bits per heavy atom. The Bertz CT molecular complexity index is 627. The molecular formula is C17H20N2O. The van der Waals surface area contributed by atoms with Crippen molar-refractivity contribution in [1.82, 2.24) is 4.98 Å². The van der Waals surface area contributed by atoms with E-state index in [1.807, 2.05) is 39.0 Å². The molecule has 0 saturated heterocycles. The van der Waals surface area contributed by atoms with Gasteiger partial charge in [-0.25, -0.2) is 0 Å². The van der Waals surface area contributed by atoms with Crippen LogP contribution in [0.15, 0.2) is 42.7 Å². The minimum Gasteiger partial charge on any atom is -0.324 e. The number of carbonyl (C=O) groups excluding carboxylic acids is 1. The normalized spacial score (nSPS) is 11.2. The molecule has 0 unspecified atom stereocenters. The maximum Gasteiger partial charge on any atom is 0.229 e. The fourth-order valence-corrected chi connectivity index (χ4v) is 1.91. The zero-order chi connectivity index (χ0) is 14.8. The number of aryl methyl sites for hydroxylation is 1. The Balaban J connectivity index is 2.42. The molecule has 2 aromatic rings. The van der Waals surface area contributed by atoms with Gasteiger partial charge in [0.1, 0.15) is 0 Å². The smallest absolute Gasteiger partial charge is 0.229 e. The second kappa shape index (κ2) is 5.45. The Morgan fingerprint density at radius 3 is 2.45 bits per heavy atom. The van der Waals surface area contributed by atoms with E-state index in [4.69, 9.17) is 0 Å². The zero-order valence-corrected chi connectivity index (χ0v) is 12.4. The molecule has 0 atom stereocenters. The summed E-state index contributed by atoms with van der Waals surface area (Å²) in [6.07, 6.45) is 3.44. The van der Waals surface area contributed by atoms with Crippen molar-refractivity contribution in [3.05, 3.63) is 48.3 Å². The summed E-state index contributed by atoms with van der Waals surface area (Å²) in [7, 11) is 0. The van der Waals surface area contributed by atoms with Gasteiger partial charge in [0.15, 0.2) is 0 Å². The molecule has 2 rings (SSSR count). The number of hydrogen-bond acceptors (Lipinski definition) is 2. The van der Waals surface area contributed by atoms with Gasteiger partial charge in [0.25, 0.3) is 0 Å². The number of benzene rings is 1. The minimum absolute atomic E-state index is 0.0136. The number of amides is 1. The van der Waals surface area contributed by atoms with Crippen LogP contribution in [0.4, 0.5) is 5.69 Å². The molecule has 0 bridgehead atoms. The highest BCUT2D eigenvalue weighted by molar-refractivity contribution is 5.98. The molecule has 0 fully saturated rings. The van der Waals surface area contributed by atoms with Crippen molar-refractivity contribution >= 4 is 11.6 Å². The number of carbonyl (C=O) groups is 1. The van der Waals surface area contributed by atoms with E-state index < -0.39 is 5.41 Å². The van der Waals surface area contributed by atoms with Crippen LogP contribution in [0.5, 0.6) is 0 Å². The fourth-order valence-electron chi connectivity index (χ4n) is 1.91. The largest absolute Gasteiger partial charge is 0.324 e. The Kier molecular flexibility index (Phi) is 3.89. The first-order valence-electron chi connectivity index (χ1n) is 6.71. The van der Waals surface area contributed by atoms with Crippen LogP contribution < -0.4 is 5.32 Å². The summed E-state index contributed by atoms with van der Waals surface area (Å²) < 4.78 is 0. The van der Waals surface area contributed by atoms with Gasteiger partial charge in [0.05, 0.1) is 11.9 Å². The number of nitrogens with zero attached hydrogens (tertiary/aromatic N) is 1. The quantitative estimate of drug-likeness (QED) is 0.893. The Morgan fingerprint density at radius 2 is 1.80 bits per heavy atom. The average molecular weight is 268 g/mol. The standard InChI is InChI=1S/C17H20N2O/c1-12-7-5-6-8-13(12)14-9-10-18-11-15(14)19-16(20)17(2,3)4/h5-11H,1-4H3,(H,19,20). The molecular weight excluding hydrogens is 248 g/mol. The molecule has 1 N–H and O–H groups in total. The van der Waals surface area contributed by atoms with E-state index in [0.717, 1.165) is 16.8 Å². The van der Waals surface area contributed by atoms with E-state index in [1.54, 1.807) is 12.4 Å². The van der Waals surface area contributed by atoms with Crippen LogP contribution >= 0.6 is 0 Å². The van der Waals surface area contributed by atoms with Crippen molar-refractivity contribution in [3.63, 3.8) is 0 Å². The van der Waals surface area contributed by atoms with Crippen LogP contribution in [0.25, 0.3) is 11.1 Å². The third-order valence-electron chi connectivity index (χ3n) is 3.19. The summed E-state index contributed by atoms with van der Waals surface area (Å²) in [5.41, 5.74) is 3.60. The molecule has 3 heteroatoms. The molecule has 1 heterocycles. The van der Waals surface area contributed by atoms with Crippen molar-refractivity contribution in [1.29, 1.82) is 0 Å². The highest BCUT2D eigenvalue weighted by Gasteiger charge is 2.22. The van der Waals surface area contributed by atoms with Gasteiger partial charge in [-0.15, -0.1) is 0 Å². The summed E-state index contributed by atoms with van der Waals surface area (Å²) in [6, 6.07) is 10.1. The van der Waals surface area contributed by atoms with Crippen LogP contribution in [0.3, 0.4) is 0 Å². The number of rotatable bonds is 2. The minimum atomic E-state index is -0.432. The highest BCUT2D eigenvalue weighted by atomic mass is 16.2. The summed E-state index contributed by atoms with van der Waals surface area (Å²) in [5, 5.41) is 2.97. The van der Waals surface area contributed by atoms with Gasteiger partial charge in [-0.1, -0.05) is 45.0 Å². The van der Waals surface area contributed by atoms with Crippen LogP contribution in [-0.4, -0.2) is 10.9 Å². The maximum atomic E-state index is 12.2. The summed E-state index contributed by atoms with van der Waals surface area (Å²) in [6.45, 7) is 7.75. The average Bonchev–Trinajstić information content (AvgIpc) is 2.39. The number of pyridine rings is 1. The number of anilines is 1. The van der Waals surface area contributed by atoms with Gasteiger partial charge in [-0.05, 0) is 24.1 Å². The first kappa shape index (κ1) is 14.3. The SMILES string of the molecule is Cc1ccccc1-c1ccncc1NC(=O)C(C)(C)C. The van der Waals surface area contributed by atoms with E-state index in [0.29, 0.717) is 0 Å². The van der Waals surface area contributed by atoms with Crippen LogP contribution in [-0.2, 0) is 4.79 Å². The molecule has 0 spiro atoms. The van der Waals surface area contributed by atoms with E-state index >= 15 is 0 Å². The molecule has 3 nitrogen and oxygen atoms in total. The topological polar surface area (TPSA) is 42.0 Å². The predicted octanol–water partition coefficient (Wildman–Crippen LogP) is 4.04. The van der Waals surface area contributed by atoms with Crippen molar-refractivity contribution in [2.75, 3.05) is 5.32 Å². The molecule has 1 aromatic carbocycles. The van der Waals surface area contributed by atoms with Crippen molar-refractivity contribution in [3.8, 4) is 11.1 Å². The molecule has 104 valence electrons. The summed E-state index contributed by atoms with van der Waals surface area (Å²) in [5.74, 6) is -0.0136. The molecule has 0 aliphatic rings. The van der Waals surface area contributed by atoms with Crippen LogP contribution in [0.2, 0.25) is 0 Å². The summed E-state index contributed by atoms with van der Waals surface area (Å²) in [4.78, 5) is 16.3. The van der Waals surface area contributed by atoms with Crippen molar-refractivity contribution in [2.24, 2.45) is 5.41 Å². The zero-order valence-electron chi connectivity index (χ0n) is 12.4. The lowest BCUT2D eigenvalue weighted by Gasteiger charge is -2.19. The third-order valence-corrected chi connectivity index (χ3v) is 3.19. The first-order chi connectivity index (χ1) is 9.39. The van der Waals surface area contributed by atoms with E-state index in [1.165, 1.54) is 5.56 Å². The lowest BCUT2D eigenvalue weighted by Crippen LogP contribution is -2.27. The number of hydrogen-bond donors (Lipinski definition) is 1. The molecule has 0 saturated carbocycles. The predicted molar refractivity (Wildman–Crippen MR) is 82.5 cm³/mol. The summed E-state index contributed by atoms with van der Waals surface area (Å²) >= 11 is 0. The first-order valence-corrected chi connectivity index (χ1v) is 6.71. The maximum absolute atomic E-state index is 12.2. The van der Waals surface area contributed by atoms with E-state index in [9.17, 15) is 4.79 Å². The third kappa shape index (κ3) is 3.05. The Hall–Kier alpha value is -2.16. The molecule has 1 amide bonds.